The van der Waals surface area contributed by atoms with Crippen molar-refractivity contribution in [3.8, 4) is 0 Å². The number of hydrogen-bond acceptors (Lipinski definition) is 2. The number of aromatic nitrogens is 2. The smallest absolute Gasteiger partial charge is 0.260 e. The van der Waals surface area contributed by atoms with Gasteiger partial charge in [-0.15, -0.1) is 0 Å². The number of benzene rings is 1. The third kappa shape index (κ3) is 3.02. The Labute approximate surface area is 123 Å². The van der Waals surface area contributed by atoms with Crippen LogP contribution in [-0.4, -0.2) is 15.7 Å². The molecular formula is C15H18ClN3O. The van der Waals surface area contributed by atoms with Crippen LogP contribution in [0, 0.1) is 6.92 Å². The highest BCUT2D eigenvalue weighted by Crippen LogP contribution is 2.20. The number of hydrogen-bond donors (Lipinski definition) is 1. The van der Waals surface area contributed by atoms with Crippen LogP contribution in [0.25, 0.3) is 0 Å². The Bertz CT molecular complexity index is 617. The van der Waals surface area contributed by atoms with Crippen LogP contribution in [0.5, 0.6) is 0 Å². The lowest BCUT2D eigenvalue weighted by Gasteiger charge is -2.06. The van der Waals surface area contributed by atoms with E-state index < -0.39 is 0 Å². The van der Waals surface area contributed by atoms with Crippen LogP contribution in [0.2, 0.25) is 5.15 Å². The molecule has 20 heavy (non-hydrogen) atoms. The fourth-order valence-corrected chi connectivity index (χ4v) is 2.39. The molecule has 5 heteroatoms. The van der Waals surface area contributed by atoms with Gasteiger partial charge in [0, 0.05) is 12.7 Å². The van der Waals surface area contributed by atoms with Gasteiger partial charge in [0.25, 0.3) is 5.91 Å². The molecule has 1 aromatic carbocycles. The first kappa shape index (κ1) is 14.6. The number of anilines is 1. The van der Waals surface area contributed by atoms with Gasteiger partial charge in [-0.3, -0.25) is 9.48 Å². The molecule has 0 fully saturated rings. The first-order valence-electron chi connectivity index (χ1n) is 6.62. The standard InChI is InChI=1S/C15H18ClN3O/c1-4-5-11-6-8-12(9-7-11)17-15(20)13-10(2)18-19(3)14(13)16/h6-9H,4-5H2,1-3H3,(H,17,20). The molecule has 0 aliphatic carbocycles. The molecule has 1 amide bonds. The van der Waals surface area contributed by atoms with E-state index in [9.17, 15) is 4.79 Å². The molecule has 0 bridgehead atoms. The van der Waals surface area contributed by atoms with E-state index in [4.69, 9.17) is 11.6 Å². The number of nitrogens with zero attached hydrogens (tertiary/aromatic N) is 2. The van der Waals surface area contributed by atoms with Crippen LogP contribution >= 0.6 is 11.6 Å². The second-order valence-corrected chi connectivity index (χ2v) is 5.13. The van der Waals surface area contributed by atoms with Crippen LogP contribution in [0.1, 0.15) is 35.0 Å². The summed E-state index contributed by atoms with van der Waals surface area (Å²) in [5.41, 5.74) is 3.07. The van der Waals surface area contributed by atoms with Crippen molar-refractivity contribution >= 4 is 23.2 Å². The molecule has 0 saturated heterocycles. The zero-order chi connectivity index (χ0) is 14.7. The van der Waals surface area contributed by atoms with Crippen LogP contribution in [0.15, 0.2) is 24.3 Å². The topological polar surface area (TPSA) is 46.9 Å². The summed E-state index contributed by atoms with van der Waals surface area (Å²) in [5.74, 6) is -0.233. The molecule has 4 nitrogen and oxygen atoms in total. The largest absolute Gasteiger partial charge is 0.322 e. The number of rotatable bonds is 4. The van der Waals surface area contributed by atoms with E-state index >= 15 is 0 Å². The molecule has 0 spiro atoms. The van der Waals surface area contributed by atoms with Crippen molar-refractivity contribution in [3.63, 3.8) is 0 Å². The van der Waals surface area contributed by atoms with Crippen molar-refractivity contribution in [2.24, 2.45) is 7.05 Å². The predicted molar refractivity (Wildman–Crippen MR) is 81.3 cm³/mol. The predicted octanol–water partition coefficient (Wildman–Crippen LogP) is 3.59. The summed E-state index contributed by atoms with van der Waals surface area (Å²) in [6.07, 6.45) is 2.15. The van der Waals surface area contributed by atoms with Gasteiger partial charge in [-0.2, -0.15) is 5.10 Å². The van der Waals surface area contributed by atoms with E-state index in [-0.39, 0.29) is 5.91 Å². The average molecular weight is 292 g/mol. The van der Waals surface area contributed by atoms with Crippen molar-refractivity contribution in [3.05, 3.63) is 46.2 Å². The van der Waals surface area contributed by atoms with Gasteiger partial charge >= 0.3 is 0 Å². The molecule has 0 aliphatic heterocycles. The zero-order valence-electron chi connectivity index (χ0n) is 11.9. The fourth-order valence-electron chi connectivity index (χ4n) is 2.12. The molecule has 0 aliphatic rings. The van der Waals surface area contributed by atoms with Gasteiger partial charge < -0.3 is 5.32 Å². The minimum atomic E-state index is -0.233. The lowest BCUT2D eigenvalue weighted by atomic mass is 10.1. The van der Waals surface area contributed by atoms with Crippen LogP contribution in [-0.2, 0) is 13.5 Å². The van der Waals surface area contributed by atoms with Crippen LogP contribution in [0.3, 0.4) is 0 Å². The molecular weight excluding hydrogens is 274 g/mol. The first-order valence-corrected chi connectivity index (χ1v) is 7.00. The maximum absolute atomic E-state index is 12.2. The Morgan fingerprint density at radius 1 is 1.35 bits per heavy atom. The first-order chi connectivity index (χ1) is 9.52. The Balaban J connectivity index is 2.15. The summed E-state index contributed by atoms with van der Waals surface area (Å²) in [6, 6.07) is 7.86. The van der Waals surface area contributed by atoms with Crippen molar-refractivity contribution in [2.45, 2.75) is 26.7 Å². The second-order valence-electron chi connectivity index (χ2n) is 4.78. The monoisotopic (exact) mass is 291 g/mol. The van der Waals surface area contributed by atoms with Crippen molar-refractivity contribution < 1.29 is 4.79 Å². The van der Waals surface area contributed by atoms with Gasteiger partial charge in [0.1, 0.15) is 5.15 Å². The molecule has 0 radical (unpaired) electrons. The summed E-state index contributed by atoms with van der Waals surface area (Å²) in [6.45, 7) is 3.91. The third-order valence-electron chi connectivity index (χ3n) is 3.13. The third-order valence-corrected chi connectivity index (χ3v) is 3.56. The molecule has 1 N–H and O–H groups in total. The summed E-state index contributed by atoms with van der Waals surface area (Å²) in [5, 5.41) is 7.33. The summed E-state index contributed by atoms with van der Waals surface area (Å²) in [4.78, 5) is 12.2. The minimum absolute atomic E-state index is 0.233. The van der Waals surface area contributed by atoms with Crippen LogP contribution in [0.4, 0.5) is 5.69 Å². The molecule has 2 aromatic rings. The lowest BCUT2D eigenvalue weighted by Crippen LogP contribution is -2.13. The van der Waals surface area contributed by atoms with E-state index in [1.165, 1.54) is 10.2 Å². The lowest BCUT2D eigenvalue weighted by molar-refractivity contribution is 0.102. The average Bonchev–Trinajstić information content (AvgIpc) is 2.66. The van der Waals surface area contributed by atoms with E-state index in [2.05, 4.69) is 17.3 Å². The Hall–Kier alpha value is -1.81. The number of aryl methyl sites for hydroxylation is 3. The van der Waals surface area contributed by atoms with Gasteiger partial charge in [0.2, 0.25) is 0 Å². The van der Waals surface area contributed by atoms with E-state index in [1.54, 1.807) is 14.0 Å². The highest BCUT2D eigenvalue weighted by atomic mass is 35.5. The highest BCUT2D eigenvalue weighted by Gasteiger charge is 2.18. The Morgan fingerprint density at radius 2 is 2.00 bits per heavy atom. The van der Waals surface area contributed by atoms with E-state index in [1.807, 2.05) is 24.3 Å². The summed E-state index contributed by atoms with van der Waals surface area (Å²) < 4.78 is 1.50. The molecule has 2 rings (SSSR count). The van der Waals surface area contributed by atoms with E-state index in [0.29, 0.717) is 16.4 Å². The summed E-state index contributed by atoms with van der Waals surface area (Å²) in [7, 11) is 1.71. The number of carbonyl (C=O) groups is 1. The molecule has 0 unspecified atom stereocenters. The quantitative estimate of drug-likeness (QED) is 0.936. The molecule has 106 valence electrons. The number of carbonyl (C=O) groups excluding carboxylic acids is 1. The highest BCUT2D eigenvalue weighted by molar-refractivity contribution is 6.33. The molecule has 1 aromatic heterocycles. The molecule has 0 saturated carbocycles. The maximum atomic E-state index is 12.2. The Morgan fingerprint density at radius 3 is 2.50 bits per heavy atom. The number of amides is 1. The van der Waals surface area contributed by atoms with Crippen LogP contribution < -0.4 is 5.32 Å². The Kier molecular flexibility index (Phi) is 4.45. The van der Waals surface area contributed by atoms with E-state index in [0.717, 1.165) is 18.5 Å². The fraction of sp³-hybridized carbons (Fsp3) is 0.333. The number of halogens is 1. The molecule has 1 heterocycles. The SMILES string of the molecule is CCCc1ccc(NC(=O)c2c(C)nn(C)c2Cl)cc1. The summed E-state index contributed by atoms with van der Waals surface area (Å²) >= 11 is 6.08. The minimum Gasteiger partial charge on any atom is -0.322 e. The van der Waals surface area contributed by atoms with Gasteiger partial charge in [-0.05, 0) is 31.0 Å². The van der Waals surface area contributed by atoms with Gasteiger partial charge in [-0.1, -0.05) is 37.1 Å². The second kappa shape index (κ2) is 6.09. The van der Waals surface area contributed by atoms with Gasteiger partial charge in [0.15, 0.2) is 0 Å². The zero-order valence-corrected chi connectivity index (χ0v) is 12.7. The van der Waals surface area contributed by atoms with Crippen molar-refractivity contribution in [1.29, 1.82) is 0 Å². The van der Waals surface area contributed by atoms with Crippen molar-refractivity contribution in [2.75, 3.05) is 5.32 Å². The maximum Gasteiger partial charge on any atom is 0.260 e. The van der Waals surface area contributed by atoms with Gasteiger partial charge in [0.05, 0.1) is 11.3 Å². The number of nitrogens with one attached hydrogen (secondary N) is 1. The molecule has 0 atom stereocenters. The van der Waals surface area contributed by atoms with Gasteiger partial charge in [-0.25, -0.2) is 0 Å². The van der Waals surface area contributed by atoms with Crippen molar-refractivity contribution in [1.82, 2.24) is 9.78 Å². The normalized spacial score (nSPS) is 10.6.